The van der Waals surface area contributed by atoms with Crippen LogP contribution in [0.25, 0.3) is 0 Å². The van der Waals surface area contributed by atoms with Gasteiger partial charge in [-0.1, -0.05) is 43.1 Å². The van der Waals surface area contributed by atoms with Crippen molar-refractivity contribution in [3.05, 3.63) is 63.9 Å². The summed E-state index contributed by atoms with van der Waals surface area (Å²) >= 11 is 11.8. The second kappa shape index (κ2) is 8.32. The minimum atomic E-state index is -0.817. The van der Waals surface area contributed by atoms with E-state index in [0.717, 1.165) is 0 Å². The van der Waals surface area contributed by atoms with Gasteiger partial charge in [0, 0.05) is 10.7 Å². The Balaban J connectivity index is 2.14. The largest absolute Gasteiger partial charge is 0.340 e. The number of hydrogen-bond acceptors (Lipinski definition) is 2. The summed E-state index contributed by atoms with van der Waals surface area (Å²) in [5, 5.41) is 5.85. The van der Waals surface area contributed by atoms with Crippen LogP contribution in [0.4, 0.5) is 10.1 Å². The van der Waals surface area contributed by atoms with Gasteiger partial charge in [-0.2, -0.15) is 0 Å². The Morgan fingerprint density at radius 1 is 1.08 bits per heavy atom. The number of carbonyl (C=O) groups is 2. The molecular formula is C18H17Cl2FN2O2. The van der Waals surface area contributed by atoms with Crippen molar-refractivity contribution in [2.45, 2.75) is 19.9 Å². The maximum Gasteiger partial charge on any atom is 0.253 e. The summed E-state index contributed by atoms with van der Waals surface area (Å²) in [5.41, 5.74) is 0.532. The van der Waals surface area contributed by atoms with Crippen LogP contribution < -0.4 is 10.6 Å². The zero-order chi connectivity index (χ0) is 18.6. The number of hydrogen-bond donors (Lipinski definition) is 2. The van der Waals surface area contributed by atoms with E-state index in [0.29, 0.717) is 10.7 Å². The zero-order valence-corrected chi connectivity index (χ0v) is 15.2. The second-order valence-electron chi connectivity index (χ2n) is 5.82. The first-order chi connectivity index (χ1) is 11.8. The Labute approximate surface area is 155 Å². The topological polar surface area (TPSA) is 58.2 Å². The Morgan fingerprint density at radius 2 is 1.80 bits per heavy atom. The molecule has 7 heteroatoms. The average Bonchev–Trinajstić information content (AvgIpc) is 2.51. The van der Waals surface area contributed by atoms with Crippen molar-refractivity contribution in [2.75, 3.05) is 5.32 Å². The highest BCUT2D eigenvalue weighted by molar-refractivity contribution is 6.36. The van der Waals surface area contributed by atoms with Crippen molar-refractivity contribution >= 4 is 40.7 Å². The third-order valence-corrected chi connectivity index (χ3v) is 4.05. The Kier molecular flexibility index (Phi) is 6.39. The molecule has 132 valence electrons. The van der Waals surface area contributed by atoms with Gasteiger partial charge in [0.05, 0.1) is 10.6 Å². The molecule has 4 nitrogen and oxygen atoms in total. The Morgan fingerprint density at radius 3 is 2.40 bits per heavy atom. The van der Waals surface area contributed by atoms with Gasteiger partial charge >= 0.3 is 0 Å². The minimum Gasteiger partial charge on any atom is -0.340 e. The van der Waals surface area contributed by atoms with Crippen LogP contribution in [-0.4, -0.2) is 17.9 Å². The molecule has 2 aromatic rings. The molecule has 25 heavy (non-hydrogen) atoms. The standard InChI is InChI=1S/C18H17Cl2FN2O2/c1-10(2)16(18(25)22-13-5-3-4-12(21)9-13)23-17(24)14-7-6-11(19)8-15(14)20/h3-10,16H,1-2H3,(H,22,25)(H,23,24)/t16-/m0/s1. The SMILES string of the molecule is CC(C)[C@H](NC(=O)c1ccc(Cl)cc1Cl)C(=O)Nc1cccc(F)c1. The molecule has 0 unspecified atom stereocenters. The first kappa shape index (κ1) is 19.2. The molecular weight excluding hydrogens is 366 g/mol. The maximum absolute atomic E-state index is 13.2. The molecule has 0 heterocycles. The first-order valence-corrected chi connectivity index (χ1v) is 8.36. The van der Waals surface area contributed by atoms with Crippen LogP contribution in [0.2, 0.25) is 10.0 Å². The van der Waals surface area contributed by atoms with Gasteiger partial charge in [-0.3, -0.25) is 9.59 Å². The maximum atomic E-state index is 13.2. The molecule has 0 aliphatic rings. The number of amides is 2. The van der Waals surface area contributed by atoms with E-state index >= 15 is 0 Å². The average molecular weight is 383 g/mol. The van der Waals surface area contributed by atoms with Gasteiger partial charge in [0.15, 0.2) is 0 Å². The predicted molar refractivity (Wildman–Crippen MR) is 97.6 cm³/mol. The van der Waals surface area contributed by atoms with Crippen LogP contribution in [0, 0.1) is 11.7 Å². The third-order valence-electron chi connectivity index (χ3n) is 3.50. The summed E-state index contributed by atoms with van der Waals surface area (Å²) in [6, 6.07) is 9.20. The van der Waals surface area contributed by atoms with Gasteiger partial charge < -0.3 is 10.6 Å². The monoisotopic (exact) mass is 382 g/mol. The molecule has 2 rings (SSSR count). The molecule has 0 radical (unpaired) electrons. The van der Waals surface area contributed by atoms with E-state index in [9.17, 15) is 14.0 Å². The summed E-state index contributed by atoms with van der Waals surface area (Å²) < 4.78 is 13.2. The van der Waals surface area contributed by atoms with Crippen molar-refractivity contribution < 1.29 is 14.0 Å². The fraction of sp³-hybridized carbons (Fsp3) is 0.222. The zero-order valence-electron chi connectivity index (χ0n) is 13.6. The lowest BCUT2D eigenvalue weighted by Crippen LogP contribution is -2.47. The van der Waals surface area contributed by atoms with E-state index in [1.807, 2.05) is 0 Å². The third kappa shape index (κ3) is 5.18. The van der Waals surface area contributed by atoms with E-state index in [2.05, 4.69) is 10.6 Å². The van der Waals surface area contributed by atoms with Crippen LogP contribution in [0.1, 0.15) is 24.2 Å². The highest BCUT2D eigenvalue weighted by atomic mass is 35.5. The molecule has 0 spiro atoms. The van der Waals surface area contributed by atoms with Crippen molar-refractivity contribution in [1.82, 2.24) is 5.32 Å². The fourth-order valence-corrected chi connectivity index (χ4v) is 2.71. The lowest BCUT2D eigenvalue weighted by Gasteiger charge is -2.22. The number of carbonyl (C=O) groups excluding carboxylic acids is 2. The Hall–Kier alpha value is -2.11. The summed E-state index contributed by atoms with van der Waals surface area (Å²) in [4.78, 5) is 24.9. The van der Waals surface area contributed by atoms with Crippen LogP contribution >= 0.6 is 23.2 Å². The molecule has 2 N–H and O–H groups in total. The second-order valence-corrected chi connectivity index (χ2v) is 6.66. The van der Waals surface area contributed by atoms with Crippen LogP contribution in [-0.2, 0) is 4.79 Å². The molecule has 0 saturated heterocycles. The summed E-state index contributed by atoms with van der Waals surface area (Å²) in [6.45, 7) is 3.58. The van der Waals surface area contributed by atoms with Gasteiger partial charge in [-0.25, -0.2) is 4.39 Å². The van der Waals surface area contributed by atoms with Crippen molar-refractivity contribution in [2.24, 2.45) is 5.92 Å². The van der Waals surface area contributed by atoms with Gasteiger partial charge in [0.2, 0.25) is 5.91 Å². The highest BCUT2D eigenvalue weighted by Crippen LogP contribution is 2.21. The van der Waals surface area contributed by atoms with E-state index in [-0.39, 0.29) is 16.5 Å². The number of nitrogens with one attached hydrogen (secondary N) is 2. The molecule has 0 fully saturated rings. The molecule has 0 bridgehead atoms. The van der Waals surface area contributed by atoms with Crippen molar-refractivity contribution in [3.63, 3.8) is 0 Å². The predicted octanol–water partition coefficient (Wildman–Crippen LogP) is 4.53. The smallest absolute Gasteiger partial charge is 0.253 e. The van der Waals surface area contributed by atoms with E-state index in [4.69, 9.17) is 23.2 Å². The summed E-state index contributed by atoms with van der Waals surface area (Å²) in [5.74, 6) is -1.59. The van der Waals surface area contributed by atoms with Crippen molar-refractivity contribution in [1.29, 1.82) is 0 Å². The highest BCUT2D eigenvalue weighted by Gasteiger charge is 2.25. The summed E-state index contributed by atoms with van der Waals surface area (Å²) in [7, 11) is 0. The normalized spacial score (nSPS) is 11.9. The molecule has 0 aliphatic carbocycles. The van der Waals surface area contributed by atoms with E-state index < -0.39 is 23.7 Å². The number of benzene rings is 2. The van der Waals surface area contributed by atoms with Gasteiger partial charge in [-0.15, -0.1) is 0 Å². The first-order valence-electron chi connectivity index (χ1n) is 7.60. The quantitative estimate of drug-likeness (QED) is 0.797. The number of rotatable bonds is 5. The van der Waals surface area contributed by atoms with Gasteiger partial charge in [-0.05, 0) is 42.3 Å². The Bertz CT molecular complexity index is 796. The fourth-order valence-electron chi connectivity index (χ4n) is 2.21. The van der Waals surface area contributed by atoms with Crippen LogP contribution in [0.5, 0.6) is 0 Å². The van der Waals surface area contributed by atoms with Crippen LogP contribution in [0.15, 0.2) is 42.5 Å². The van der Waals surface area contributed by atoms with Crippen LogP contribution in [0.3, 0.4) is 0 Å². The molecule has 0 aliphatic heterocycles. The molecule has 2 amide bonds. The minimum absolute atomic E-state index is 0.191. The van der Waals surface area contributed by atoms with Gasteiger partial charge in [0.1, 0.15) is 11.9 Å². The van der Waals surface area contributed by atoms with E-state index in [1.165, 1.54) is 30.3 Å². The molecule has 0 aromatic heterocycles. The van der Waals surface area contributed by atoms with E-state index in [1.54, 1.807) is 26.0 Å². The molecule has 1 atom stereocenters. The molecule has 2 aromatic carbocycles. The van der Waals surface area contributed by atoms with Gasteiger partial charge in [0.25, 0.3) is 5.91 Å². The van der Waals surface area contributed by atoms with Crippen molar-refractivity contribution in [3.8, 4) is 0 Å². The number of anilines is 1. The lowest BCUT2D eigenvalue weighted by molar-refractivity contribution is -0.118. The number of halogens is 3. The lowest BCUT2D eigenvalue weighted by atomic mass is 10.0. The molecule has 0 saturated carbocycles. The summed E-state index contributed by atoms with van der Waals surface area (Å²) in [6.07, 6.45) is 0.